The van der Waals surface area contributed by atoms with Crippen molar-refractivity contribution in [2.45, 2.75) is 51.4 Å². The topological polar surface area (TPSA) is 90.0 Å². The molecule has 0 spiro atoms. The lowest BCUT2D eigenvalue weighted by Crippen LogP contribution is -2.48. The van der Waals surface area contributed by atoms with E-state index in [2.05, 4.69) is 15.0 Å². The van der Waals surface area contributed by atoms with E-state index in [9.17, 15) is 35.9 Å². The number of rotatable bonds is 6. The van der Waals surface area contributed by atoms with Crippen LogP contribution in [0.3, 0.4) is 0 Å². The number of pyridine rings is 1. The maximum atomic E-state index is 13.9. The van der Waals surface area contributed by atoms with Crippen molar-refractivity contribution in [3.8, 4) is 5.88 Å². The zero-order valence-corrected chi connectivity index (χ0v) is 20.2. The van der Waals surface area contributed by atoms with Gasteiger partial charge in [0, 0.05) is 43.4 Å². The number of hydrogen-bond acceptors (Lipinski definition) is 7. The molecular weight excluding hydrogens is 520 g/mol. The zero-order valence-electron chi connectivity index (χ0n) is 19.4. The molecule has 200 valence electrons. The predicted octanol–water partition coefficient (Wildman–Crippen LogP) is 4.89. The van der Waals surface area contributed by atoms with Crippen LogP contribution in [0, 0.1) is 6.92 Å². The first-order valence-corrected chi connectivity index (χ1v) is 11.6. The molecule has 0 aromatic carbocycles. The standard InChI is InChI=1S/C21H23F6N3O5S/c1-10-8-12(4-5-30(10)19(32)33-6-7-34-21(25,26)27)35-18-11(2)14(20(22,23)24)16-15(29-18)13(9-36-16)17(31)28-3/h9-10,12H,4-8H2,1-3H3,(H,28,31)/t10-,12+/m1/s1. The van der Waals surface area contributed by atoms with Gasteiger partial charge >= 0.3 is 18.6 Å². The van der Waals surface area contributed by atoms with Gasteiger partial charge in [0.05, 0.1) is 28.0 Å². The Balaban J connectivity index is 1.74. The van der Waals surface area contributed by atoms with E-state index in [0.717, 1.165) is 11.3 Å². The molecule has 2 aromatic rings. The molecule has 0 saturated carbocycles. The van der Waals surface area contributed by atoms with E-state index in [1.807, 2.05) is 0 Å². The van der Waals surface area contributed by atoms with Crippen molar-refractivity contribution < 1.29 is 50.1 Å². The van der Waals surface area contributed by atoms with Gasteiger partial charge in [-0.15, -0.1) is 24.5 Å². The first-order valence-electron chi connectivity index (χ1n) is 10.7. The lowest BCUT2D eigenvalue weighted by atomic mass is 10.0. The van der Waals surface area contributed by atoms with Crippen LogP contribution < -0.4 is 10.1 Å². The van der Waals surface area contributed by atoms with Crippen molar-refractivity contribution in [2.24, 2.45) is 0 Å². The first kappa shape index (κ1) is 27.8. The maximum Gasteiger partial charge on any atom is 0.522 e. The number of likely N-dealkylation sites (tertiary alicyclic amines) is 1. The van der Waals surface area contributed by atoms with Crippen molar-refractivity contribution in [2.75, 3.05) is 26.8 Å². The number of ether oxygens (including phenoxy) is 3. The summed E-state index contributed by atoms with van der Waals surface area (Å²) in [6.07, 6.45) is -10.6. The summed E-state index contributed by atoms with van der Waals surface area (Å²) in [5.74, 6) is -0.853. The predicted molar refractivity (Wildman–Crippen MR) is 116 cm³/mol. The van der Waals surface area contributed by atoms with E-state index in [0.29, 0.717) is 0 Å². The molecule has 8 nitrogen and oxygen atoms in total. The first-order chi connectivity index (χ1) is 16.7. The minimum Gasteiger partial charge on any atom is -0.474 e. The van der Waals surface area contributed by atoms with Crippen LogP contribution in [0.15, 0.2) is 5.38 Å². The molecule has 3 heterocycles. The van der Waals surface area contributed by atoms with Crippen molar-refractivity contribution >= 4 is 33.6 Å². The molecule has 2 atom stereocenters. The molecule has 1 N–H and O–H groups in total. The third-order valence-electron chi connectivity index (χ3n) is 5.57. The summed E-state index contributed by atoms with van der Waals surface area (Å²) in [4.78, 5) is 29.9. The van der Waals surface area contributed by atoms with Gasteiger partial charge in [-0.2, -0.15) is 13.2 Å². The fraction of sp³-hybridized carbons (Fsp3) is 0.571. The third kappa shape index (κ3) is 6.30. The van der Waals surface area contributed by atoms with Crippen LogP contribution in [0.2, 0.25) is 0 Å². The normalized spacial score (nSPS) is 18.9. The zero-order chi connectivity index (χ0) is 26.8. The molecule has 1 aliphatic heterocycles. The molecule has 0 radical (unpaired) electrons. The van der Waals surface area contributed by atoms with Crippen LogP contribution in [0.5, 0.6) is 5.88 Å². The second kappa shape index (κ2) is 10.7. The molecule has 2 aromatic heterocycles. The van der Waals surface area contributed by atoms with Gasteiger partial charge in [0.15, 0.2) is 0 Å². The van der Waals surface area contributed by atoms with Gasteiger partial charge in [0.2, 0.25) is 5.88 Å². The molecular formula is C21H23F6N3O5S. The number of carbonyl (C=O) groups is 2. The van der Waals surface area contributed by atoms with Gasteiger partial charge in [-0.1, -0.05) is 0 Å². The Labute approximate surface area is 205 Å². The summed E-state index contributed by atoms with van der Waals surface area (Å²) < 4.78 is 91.8. The van der Waals surface area contributed by atoms with E-state index in [-0.39, 0.29) is 46.6 Å². The fourth-order valence-electron chi connectivity index (χ4n) is 3.89. The molecule has 1 fully saturated rings. The van der Waals surface area contributed by atoms with Crippen LogP contribution in [0.4, 0.5) is 31.1 Å². The largest absolute Gasteiger partial charge is 0.522 e. The van der Waals surface area contributed by atoms with Gasteiger partial charge < -0.3 is 19.7 Å². The highest BCUT2D eigenvalue weighted by atomic mass is 32.1. The quantitative estimate of drug-likeness (QED) is 0.413. The Bertz CT molecular complexity index is 1120. The number of hydrogen-bond donors (Lipinski definition) is 1. The molecule has 2 amide bonds. The van der Waals surface area contributed by atoms with Crippen molar-refractivity contribution in [3.05, 3.63) is 22.1 Å². The molecule has 3 rings (SSSR count). The minimum atomic E-state index is -4.83. The lowest BCUT2D eigenvalue weighted by molar-refractivity contribution is -0.326. The van der Waals surface area contributed by atoms with Gasteiger partial charge in [0.25, 0.3) is 5.91 Å². The van der Waals surface area contributed by atoms with Crippen LogP contribution >= 0.6 is 11.3 Å². The Hall–Kier alpha value is -2.81. The van der Waals surface area contributed by atoms with Gasteiger partial charge in [-0.3, -0.25) is 9.53 Å². The highest BCUT2D eigenvalue weighted by Crippen LogP contribution is 2.43. The van der Waals surface area contributed by atoms with Crippen molar-refractivity contribution in [1.82, 2.24) is 15.2 Å². The Morgan fingerprint density at radius 3 is 2.50 bits per heavy atom. The number of fused-ring (bicyclic) bond motifs is 1. The summed E-state index contributed by atoms with van der Waals surface area (Å²) in [5, 5.41) is 3.68. The highest BCUT2D eigenvalue weighted by molar-refractivity contribution is 7.17. The average Bonchev–Trinajstić information content (AvgIpc) is 3.18. The summed E-state index contributed by atoms with van der Waals surface area (Å²) in [6, 6.07) is -0.478. The molecule has 0 bridgehead atoms. The Morgan fingerprint density at radius 1 is 1.22 bits per heavy atom. The number of piperidine rings is 1. The molecule has 36 heavy (non-hydrogen) atoms. The van der Waals surface area contributed by atoms with Crippen molar-refractivity contribution in [3.63, 3.8) is 0 Å². The summed E-state index contributed by atoms with van der Waals surface area (Å²) in [7, 11) is 1.35. The average molecular weight is 543 g/mol. The van der Waals surface area contributed by atoms with E-state index >= 15 is 0 Å². The van der Waals surface area contributed by atoms with Crippen LogP contribution in [-0.2, 0) is 15.7 Å². The van der Waals surface area contributed by atoms with Crippen LogP contribution in [0.25, 0.3) is 10.2 Å². The number of amides is 2. The monoisotopic (exact) mass is 543 g/mol. The second-order valence-electron chi connectivity index (χ2n) is 8.04. The van der Waals surface area contributed by atoms with Crippen LogP contribution in [0.1, 0.15) is 41.3 Å². The molecule has 0 aliphatic carbocycles. The smallest absolute Gasteiger partial charge is 0.474 e. The Kier molecular flexibility index (Phi) is 8.23. The van der Waals surface area contributed by atoms with Gasteiger partial charge in [0.1, 0.15) is 12.7 Å². The van der Waals surface area contributed by atoms with Gasteiger partial charge in [-0.25, -0.2) is 9.78 Å². The number of thiophene rings is 1. The second-order valence-corrected chi connectivity index (χ2v) is 8.92. The van der Waals surface area contributed by atoms with Crippen molar-refractivity contribution in [1.29, 1.82) is 0 Å². The van der Waals surface area contributed by atoms with E-state index in [1.54, 1.807) is 6.92 Å². The number of alkyl halides is 6. The van der Waals surface area contributed by atoms with E-state index in [4.69, 9.17) is 9.47 Å². The number of carbonyl (C=O) groups excluding carboxylic acids is 2. The minimum absolute atomic E-state index is 0.00622. The molecule has 0 unspecified atom stereocenters. The summed E-state index contributed by atoms with van der Waals surface area (Å²) in [5.41, 5.74) is -1.28. The summed E-state index contributed by atoms with van der Waals surface area (Å²) in [6.45, 7) is 1.54. The van der Waals surface area contributed by atoms with Crippen LogP contribution in [-0.4, -0.2) is 67.2 Å². The van der Waals surface area contributed by atoms with Gasteiger partial charge in [-0.05, 0) is 13.8 Å². The fourth-order valence-corrected chi connectivity index (χ4v) is 5.00. The number of nitrogens with one attached hydrogen (secondary N) is 1. The molecule has 1 saturated heterocycles. The SMILES string of the molecule is CNC(=O)c1csc2c(C(F)(F)F)c(C)c(O[C@H]3CCN(C(=O)OCCOC(F)(F)F)[C@H](C)C3)nc12. The maximum absolute atomic E-state index is 13.9. The number of halogens is 6. The number of aromatic nitrogens is 1. The molecule has 15 heteroatoms. The number of nitrogens with zero attached hydrogens (tertiary/aromatic N) is 2. The Morgan fingerprint density at radius 2 is 1.92 bits per heavy atom. The lowest BCUT2D eigenvalue weighted by Gasteiger charge is -2.36. The third-order valence-corrected chi connectivity index (χ3v) is 6.56. The highest BCUT2D eigenvalue weighted by Gasteiger charge is 2.39. The summed E-state index contributed by atoms with van der Waals surface area (Å²) >= 11 is 0.765. The van der Waals surface area contributed by atoms with E-state index < -0.39 is 55.5 Å². The molecule has 1 aliphatic rings. The van der Waals surface area contributed by atoms with E-state index in [1.165, 1.54) is 24.3 Å².